The summed E-state index contributed by atoms with van der Waals surface area (Å²) in [5.74, 6) is 5.52. The molecule has 0 saturated heterocycles. The fourth-order valence-corrected chi connectivity index (χ4v) is 1.96. The zero-order valence-electron chi connectivity index (χ0n) is 8.98. The summed E-state index contributed by atoms with van der Waals surface area (Å²) in [6.45, 7) is 0.00736. The number of hydrogen-bond donors (Lipinski definition) is 3. The lowest BCUT2D eigenvalue weighted by molar-refractivity contribution is -0.118. The van der Waals surface area contributed by atoms with Gasteiger partial charge in [0.25, 0.3) is 0 Å². The first-order chi connectivity index (χ1) is 7.09. The summed E-state index contributed by atoms with van der Waals surface area (Å²) in [5.41, 5.74) is 11.7. The molecule has 0 spiro atoms. The highest BCUT2D eigenvalue weighted by atomic mass is 16.1. The Morgan fingerprint density at radius 3 is 2.40 bits per heavy atom. The first-order valence-corrected chi connectivity index (χ1v) is 5.36. The smallest absolute Gasteiger partial charge is 0.238 e. The highest BCUT2D eigenvalue weighted by molar-refractivity contribution is 5.75. The minimum Gasteiger partial charge on any atom is -0.401 e. The summed E-state index contributed by atoms with van der Waals surface area (Å²) >= 11 is 0. The van der Waals surface area contributed by atoms with Crippen molar-refractivity contribution in [3.63, 3.8) is 0 Å². The molecule has 0 atom stereocenters. The predicted molar refractivity (Wildman–Crippen MR) is 58.9 cm³/mol. The predicted octanol–water partition coefficient (Wildman–Crippen LogP) is 0.0278. The number of allylic oxidation sites excluding steroid dienone is 1. The number of hydrazine groups is 1. The molecular weight excluding hydrogens is 192 g/mol. The van der Waals surface area contributed by atoms with Crippen molar-refractivity contribution in [1.29, 1.82) is 0 Å². The Labute approximate surface area is 90.2 Å². The zero-order chi connectivity index (χ0) is 11.3. The van der Waals surface area contributed by atoms with Crippen molar-refractivity contribution in [3.8, 4) is 0 Å². The highest BCUT2D eigenvalue weighted by Gasteiger charge is 2.16. The van der Waals surface area contributed by atoms with Gasteiger partial charge in [-0.2, -0.15) is 0 Å². The second kappa shape index (κ2) is 5.60. The number of primary amides is 1. The van der Waals surface area contributed by atoms with Gasteiger partial charge in [0.1, 0.15) is 6.54 Å². The van der Waals surface area contributed by atoms with Crippen LogP contribution in [0.4, 0.5) is 0 Å². The van der Waals surface area contributed by atoms with Crippen LogP contribution in [0.2, 0.25) is 0 Å². The Hall–Kier alpha value is -1.23. The number of amides is 1. The van der Waals surface area contributed by atoms with E-state index < -0.39 is 5.91 Å². The monoisotopic (exact) mass is 212 g/mol. The molecule has 1 rings (SSSR count). The molecule has 1 aliphatic rings. The van der Waals surface area contributed by atoms with E-state index in [0.717, 1.165) is 18.5 Å². The van der Waals surface area contributed by atoms with Crippen molar-refractivity contribution in [2.45, 2.75) is 32.1 Å². The van der Waals surface area contributed by atoms with Crippen LogP contribution in [0.1, 0.15) is 32.1 Å². The molecule has 0 unspecified atom stereocenters. The van der Waals surface area contributed by atoms with Crippen LogP contribution in [0.15, 0.2) is 11.9 Å². The summed E-state index contributed by atoms with van der Waals surface area (Å²) in [6, 6.07) is 0. The van der Waals surface area contributed by atoms with Gasteiger partial charge in [0, 0.05) is 11.9 Å². The van der Waals surface area contributed by atoms with Crippen LogP contribution in [0.3, 0.4) is 0 Å². The summed E-state index contributed by atoms with van der Waals surface area (Å²) in [4.78, 5) is 10.6. The van der Waals surface area contributed by atoms with E-state index in [1.54, 1.807) is 6.20 Å². The number of carbonyl (C=O) groups is 1. The maximum atomic E-state index is 10.6. The van der Waals surface area contributed by atoms with Gasteiger partial charge >= 0.3 is 0 Å². The Kier molecular flexibility index (Phi) is 4.42. The maximum absolute atomic E-state index is 10.6. The van der Waals surface area contributed by atoms with Crippen molar-refractivity contribution in [1.82, 2.24) is 5.01 Å². The average molecular weight is 212 g/mol. The van der Waals surface area contributed by atoms with E-state index in [-0.39, 0.29) is 6.54 Å². The lowest BCUT2D eigenvalue weighted by atomic mass is 9.87. The molecule has 1 amide bonds. The fourth-order valence-electron chi connectivity index (χ4n) is 1.96. The molecule has 5 heteroatoms. The molecule has 0 heterocycles. The average Bonchev–Trinajstić information content (AvgIpc) is 2.17. The molecular formula is C10H20N4O. The molecule has 0 bridgehead atoms. The van der Waals surface area contributed by atoms with Gasteiger partial charge in [0.15, 0.2) is 0 Å². The highest BCUT2D eigenvalue weighted by Crippen LogP contribution is 2.27. The normalized spacial score (nSPS) is 18.9. The van der Waals surface area contributed by atoms with Crippen LogP contribution < -0.4 is 17.3 Å². The Balaban J connectivity index is 2.45. The number of carbonyl (C=O) groups excluding carboxylic acids is 1. The second-order valence-corrected chi connectivity index (χ2v) is 4.10. The van der Waals surface area contributed by atoms with E-state index >= 15 is 0 Å². The third-order valence-corrected chi connectivity index (χ3v) is 2.73. The quantitative estimate of drug-likeness (QED) is 0.452. The molecule has 15 heavy (non-hydrogen) atoms. The molecule has 0 radical (unpaired) electrons. The van der Waals surface area contributed by atoms with E-state index in [2.05, 4.69) is 0 Å². The summed E-state index contributed by atoms with van der Waals surface area (Å²) in [7, 11) is 0. The van der Waals surface area contributed by atoms with Gasteiger partial charge in [0.05, 0.1) is 0 Å². The number of rotatable bonds is 4. The summed E-state index contributed by atoms with van der Waals surface area (Å²) in [5, 5.41) is 1.26. The first kappa shape index (κ1) is 11.8. The first-order valence-electron chi connectivity index (χ1n) is 5.36. The Morgan fingerprint density at radius 2 is 1.87 bits per heavy atom. The van der Waals surface area contributed by atoms with Crippen LogP contribution in [-0.4, -0.2) is 17.5 Å². The van der Waals surface area contributed by atoms with E-state index in [0.29, 0.717) is 5.92 Å². The summed E-state index contributed by atoms with van der Waals surface area (Å²) < 4.78 is 0. The minimum atomic E-state index is -0.454. The van der Waals surface area contributed by atoms with Crippen LogP contribution in [0, 0.1) is 5.92 Å². The fraction of sp³-hybridized carbons (Fsp3) is 0.700. The standard InChI is InChI=1S/C10H20N4O/c11-9(6-14(13)7-10(12)15)8-4-2-1-3-5-8/h6,8H,1-5,7,11,13H2,(H2,12,15)/b9-6-. The SMILES string of the molecule is NC(=O)CN(N)/C=C(\N)C1CCCCC1. The van der Waals surface area contributed by atoms with Gasteiger partial charge in [-0.1, -0.05) is 19.3 Å². The van der Waals surface area contributed by atoms with E-state index in [9.17, 15) is 4.79 Å². The second-order valence-electron chi connectivity index (χ2n) is 4.10. The van der Waals surface area contributed by atoms with Gasteiger partial charge in [0.2, 0.25) is 5.91 Å². The van der Waals surface area contributed by atoms with E-state index in [1.165, 1.54) is 24.3 Å². The number of hydrogen-bond acceptors (Lipinski definition) is 4. The van der Waals surface area contributed by atoms with E-state index in [4.69, 9.17) is 17.3 Å². The van der Waals surface area contributed by atoms with Crippen LogP contribution >= 0.6 is 0 Å². The molecule has 0 aromatic rings. The van der Waals surface area contributed by atoms with Crippen LogP contribution in [0.25, 0.3) is 0 Å². The van der Waals surface area contributed by atoms with Gasteiger partial charge in [-0.05, 0) is 18.8 Å². The third-order valence-electron chi connectivity index (χ3n) is 2.73. The molecule has 0 aromatic carbocycles. The van der Waals surface area contributed by atoms with Gasteiger partial charge in [-0.3, -0.25) is 4.79 Å². The largest absolute Gasteiger partial charge is 0.401 e. The zero-order valence-corrected chi connectivity index (χ0v) is 8.98. The molecule has 86 valence electrons. The van der Waals surface area contributed by atoms with Crippen LogP contribution in [0.5, 0.6) is 0 Å². The van der Waals surface area contributed by atoms with Crippen LogP contribution in [-0.2, 0) is 4.79 Å². The molecule has 6 N–H and O–H groups in total. The molecule has 1 saturated carbocycles. The van der Waals surface area contributed by atoms with Crippen molar-refractivity contribution in [2.24, 2.45) is 23.2 Å². The minimum absolute atomic E-state index is 0.00736. The van der Waals surface area contributed by atoms with Crippen molar-refractivity contribution < 1.29 is 4.79 Å². The molecule has 0 aromatic heterocycles. The van der Waals surface area contributed by atoms with E-state index in [1.807, 2.05) is 0 Å². The van der Waals surface area contributed by atoms with Gasteiger partial charge in [-0.25, -0.2) is 5.84 Å². The van der Waals surface area contributed by atoms with Gasteiger partial charge < -0.3 is 16.5 Å². The molecule has 1 fully saturated rings. The Bertz CT molecular complexity index is 246. The topological polar surface area (TPSA) is 98.4 Å². The number of nitrogens with two attached hydrogens (primary N) is 3. The number of nitrogens with zero attached hydrogens (tertiary/aromatic N) is 1. The third kappa shape index (κ3) is 4.20. The maximum Gasteiger partial charge on any atom is 0.238 e. The summed E-state index contributed by atoms with van der Waals surface area (Å²) in [6.07, 6.45) is 7.59. The molecule has 1 aliphatic carbocycles. The van der Waals surface area contributed by atoms with Crippen molar-refractivity contribution >= 4 is 5.91 Å². The molecule has 5 nitrogen and oxygen atoms in total. The Morgan fingerprint density at radius 1 is 1.27 bits per heavy atom. The lowest BCUT2D eigenvalue weighted by Gasteiger charge is -2.23. The van der Waals surface area contributed by atoms with Gasteiger partial charge in [-0.15, -0.1) is 0 Å². The lowest BCUT2D eigenvalue weighted by Crippen LogP contribution is -2.36. The van der Waals surface area contributed by atoms with Crippen molar-refractivity contribution in [2.75, 3.05) is 6.54 Å². The molecule has 0 aliphatic heterocycles. The van der Waals surface area contributed by atoms with Crippen molar-refractivity contribution in [3.05, 3.63) is 11.9 Å².